The molecule has 0 saturated carbocycles. The Morgan fingerprint density at radius 3 is 2.33 bits per heavy atom. The quantitative estimate of drug-likeness (QED) is 0.710. The Labute approximate surface area is 160 Å². The van der Waals surface area contributed by atoms with E-state index in [0.717, 1.165) is 11.1 Å². The smallest absolute Gasteiger partial charge is 0.220 e. The van der Waals surface area contributed by atoms with E-state index in [1.165, 1.54) is 6.26 Å². The molecule has 27 heavy (non-hydrogen) atoms. The summed E-state index contributed by atoms with van der Waals surface area (Å²) >= 11 is 0. The molecule has 0 aliphatic carbocycles. The van der Waals surface area contributed by atoms with Gasteiger partial charge in [0.05, 0.1) is 12.0 Å². The monoisotopic (exact) mass is 391 g/mol. The number of methoxy groups -OCH3 is 2. The van der Waals surface area contributed by atoms with Gasteiger partial charge in [0.1, 0.15) is 11.9 Å². The first-order valence-corrected chi connectivity index (χ1v) is 10.5. The van der Waals surface area contributed by atoms with Gasteiger partial charge < -0.3 is 14.8 Å². The Kier molecular flexibility index (Phi) is 7.38. The van der Waals surface area contributed by atoms with Crippen molar-refractivity contribution in [3.63, 3.8) is 0 Å². The van der Waals surface area contributed by atoms with Crippen LogP contribution in [0.1, 0.15) is 23.7 Å². The maximum absolute atomic E-state index is 12.2. The number of aryl methyl sites for hydroxylation is 1. The Bertz CT molecular complexity index is 862. The highest BCUT2D eigenvalue weighted by atomic mass is 32.2. The molecule has 2 rings (SSSR count). The van der Waals surface area contributed by atoms with Crippen LogP contribution in [0.2, 0.25) is 0 Å². The largest absolute Gasteiger partial charge is 0.496 e. The normalized spacial score (nSPS) is 12.4. The van der Waals surface area contributed by atoms with E-state index in [9.17, 15) is 13.2 Å². The number of nitrogens with one attached hydrogen (secondary N) is 1. The van der Waals surface area contributed by atoms with Crippen LogP contribution >= 0.6 is 0 Å². The van der Waals surface area contributed by atoms with Gasteiger partial charge in [-0.05, 0) is 30.2 Å². The average molecular weight is 391 g/mol. The molecule has 1 amide bonds. The lowest BCUT2D eigenvalue weighted by atomic mass is 10.1. The van der Waals surface area contributed by atoms with Gasteiger partial charge in [-0.15, -0.1) is 0 Å². The molecule has 0 saturated heterocycles. The van der Waals surface area contributed by atoms with E-state index in [1.54, 1.807) is 38.5 Å². The van der Waals surface area contributed by atoms with E-state index in [2.05, 4.69) is 5.32 Å². The second kappa shape index (κ2) is 9.53. The molecular weight excluding hydrogens is 366 g/mol. The molecule has 2 aromatic carbocycles. The maximum Gasteiger partial charge on any atom is 0.220 e. The molecule has 6 nitrogen and oxygen atoms in total. The molecule has 0 aromatic heterocycles. The minimum atomic E-state index is -3.21. The van der Waals surface area contributed by atoms with Crippen molar-refractivity contribution in [1.29, 1.82) is 0 Å². The summed E-state index contributed by atoms with van der Waals surface area (Å²) in [6, 6.07) is 14.1. The number of carbonyl (C=O) groups excluding carboxylic acids is 1. The number of rotatable bonds is 9. The second-order valence-corrected chi connectivity index (χ2v) is 8.20. The molecular formula is C20H25NO5S. The van der Waals surface area contributed by atoms with Crippen molar-refractivity contribution >= 4 is 15.7 Å². The van der Waals surface area contributed by atoms with Gasteiger partial charge in [0.25, 0.3) is 0 Å². The molecule has 0 fully saturated rings. The number of benzene rings is 2. The maximum atomic E-state index is 12.2. The summed E-state index contributed by atoms with van der Waals surface area (Å²) < 4.78 is 33.8. The fraction of sp³-hybridized carbons (Fsp3) is 0.350. The third-order valence-electron chi connectivity index (χ3n) is 4.25. The highest BCUT2D eigenvalue weighted by molar-refractivity contribution is 7.90. The first kappa shape index (κ1) is 20.9. The van der Waals surface area contributed by atoms with Crippen LogP contribution in [0, 0.1) is 0 Å². The summed E-state index contributed by atoms with van der Waals surface area (Å²) in [5, 5.41) is 2.87. The van der Waals surface area contributed by atoms with E-state index in [4.69, 9.17) is 9.47 Å². The number of ether oxygens (including phenoxy) is 2. The number of sulfone groups is 1. The molecule has 0 aliphatic rings. The molecule has 2 aromatic rings. The van der Waals surface area contributed by atoms with E-state index in [-0.39, 0.29) is 16.9 Å². The summed E-state index contributed by atoms with van der Waals surface area (Å²) in [4.78, 5) is 12.4. The predicted octanol–water partition coefficient (Wildman–Crippen LogP) is 2.54. The van der Waals surface area contributed by atoms with Crippen molar-refractivity contribution in [3.8, 4) is 5.75 Å². The van der Waals surface area contributed by atoms with Crippen LogP contribution in [-0.2, 0) is 25.8 Å². The number of carbonyl (C=O) groups is 1. The molecule has 1 N–H and O–H groups in total. The SMILES string of the molecule is COc1ccccc1[C@H](CNC(=O)CCc1ccc(S(C)(=O)=O)cc1)OC. The fourth-order valence-electron chi connectivity index (χ4n) is 2.71. The molecule has 0 bridgehead atoms. The Hall–Kier alpha value is -2.38. The van der Waals surface area contributed by atoms with E-state index in [0.29, 0.717) is 25.1 Å². The van der Waals surface area contributed by atoms with Crippen LogP contribution in [-0.4, -0.2) is 41.3 Å². The number of hydrogen-bond acceptors (Lipinski definition) is 5. The second-order valence-electron chi connectivity index (χ2n) is 6.19. The molecule has 0 unspecified atom stereocenters. The minimum Gasteiger partial charge on any atom is -0.496 e. The van der Waals surface area contributed by atoms with Crippen molar-refractivity contribution in [1.82, 2.24) is 5.32 Å². The first-order chi connectivity index (χ1) is 12.8. The van der Waals surface area contributed by atoms with Gasteiger partial charge in [0, 0.05) is 31.9 Å². The van der Waals surface area contributed by atoms with Crippen LogP contribution in [0.25, 0.3) is 0 Å². The average Bonchev–Trinajstić information content (AvgIpc) is 2.66. The molecule has 7 heteroatoms. The van der Waals surface area contributed by atoms with Crippen LogP contribution < -0.4 is 10.1 Å². The van der Waals surface area contributed by atoms with Crippen LogP contribution in [0.3, 0.4) is 0 Å². The lowest BCUT2D eigenvalue weighted by molar-refractivity contribution is -0.121. The van der Waals surface area contributed by atoms with Gasteiger partial charge in [0.2, 0.25) is 5.91 Å². The summed E-state index contributed by atoms with van der Waals surface area (Å²) in [5.41, 5.74) is 1.78. The number of amides is 1. The van der Waals surface area contributed by atoms with E-state index in [1.807, 2.05) is 24.3 Å². The van der Waals surface area contributed by atoms with Crippen molar-refractivity contribution < 1.29 is 22.7 Å². The Morgan fingerprint density at radius 1 is 1.07 bits per heavy atom. The van der Waals surface area contributed by atoms with Crippen molar-refractivity contribution in [2.24, 2.45) is 0 Å². The van der Waals surface area contributed by atoms with E-state index < -0.39 is 9.84 Å². The van der Waals surface area contributed by atoms with Gasteiger partial charge in [-0.25, -0.2) is 8.42 Å². The minimum absolute atomic E-state index is 0.0980. The van der Waals surface area contributed by atoms with E-state index >= 15 is 0 Å². The van der Waals surface area contributed by atoms with Crippen LogP contribution in [0.15, 0.2) is 53.4 Å². The fourth-order valence-corrected chi connectivity index (χ4v) is 3.34. The topological polar surface area (TPSA) is 81.7 Å². The Balaban J connectivity index is 1.88. The van der Waals surface area contributed by atoms with Gasteiger partial charge >= 0.3 is 0 Å². The lowest BCUT2D eigenvalue weighted by Crippen LogP contribution is -2.29. The predicted molar refractivity (Wildman–Crippen MR) is 104 cm³/mol. The summed E-state index contributed by atoms with van der Waals surface area (Å²) in [7, 11) is -0.0212. The summed E-state index contributed by atoms with van der Waals surface area (Å²) in [6.07, 6.45) is 1.70. The number of para-hydroxylation sites is 1. The van der Waals surface area contributed by atoms with Crippen LogP contribution in [0.5, 0.6) is 5.75 Å². The zero-order chi connectivity index (χ0) is 19.9. The third kappa shape index (κ3) is 6.08. The van der Waals surface area contributed by atoms with Crippen LogP contribution in [0.4, 0.5) is 0 Å². The van der Waals surface area contributed by atoms with Gasteiger partial charge in [-0.3, -0.25) is 4.79 Å². The van der Waals surface area contributed by atoms with Crippen molar-refractivity contribution in [3.05, 3.63) is 59.7 Å². The molecule has 1 atom stereocenters. The summed E-state index contributed by atoms with van der Waals surface area (Å²) in [6.45, 7) is 0.336. The van der Waals surface area contributed by atoms with Gasteiger partial charge in [-0.1, -0.05) is 30.3 Å². The molecule has 146 valence electrons. The van der Waals surface area contributed by atoms with Crippen molar-refractivity contribution in [2.45, 2.75) is 23.8 Å². The van der Waals surface area contributed by atoms with Gasteiger partial charge in [-0.2, -0.15) is 0 Å². The number of hydrogen-bond donors (Lipinski definition) is 1. The van der Waals surface area contributed by atoms with Gasteiger partial charge in [0.15, 0.2) is 9.84 Å². The first-order valence-electron chi connectivity index (χ1n) is 8.56. The molecule has 0 aliphatic heterocycles. The zero-order valence-electron chi connectivity index (χ0n) is 15.8. The lowest BCUT2D eigenvalue weighted by Gasteiger charge is -2.19. The molecule has 0 radical (unpaired) electrons. The molecule has 0 spiro atoms. The third-order valence-corrected chi connectivity index (χ3v) is 5.38. The summed E-state index contributed by atoms with van der Waals surface area (Å²) in [5.74, 6) is 0.615. The molecule has 0 heterocycles. The highest BCUT2D eigenvalue weighted by Gasteiger charge is 2.16. The Morgan fingerprint density at radius 2 is 1.74 bits per heavy atom. The van der Waals surface area contributed by atoms with Crippen molar-refractivity contribution in [2.75, 3.05) is 27.0 Å². The zero-order valence-corrected chi connectivity index (χ0v) is 16.6. The standard InChI is InChI=1S/C20H25NO5S/c1-25-18-7-5-4-6-17(18)19(26-2)14-21-20(22)13-10-15-8-11-16(12-9-15)27(3,23)24/h4-9,11-12,19H,10,13-14H2,1-3H3,(H,21,22)/t19-/m0/s1. The highest BCUT2D eigenvalue weighted by Crippen LogP contribution is 2.26.